The molecule has 0 bridgehead atoms. The van der Waals surface area contributed by atoms with E-state index in [9.17, 15) is 4.79 Å². The van der Waals surface area contributed by atoms with Crippen LogP contribution in [0.25, 0.3) is 0 Å². The van der Waals surface area contributed by atoms with E-state index in [0.29, 0.717) is 12.2 Å². The summed E-state index contributed by atoms with van der Waals surface area (Å²) in [6.07, 6.45) is -0.146. The number of amides is 1. The zero-order chi connectivity index (χ0) is 14.3. The molecule has 0 fully saturated rings. The molecule has 1 rings (SSSR count). The predicted octanol–water partition coefficient (Wildman–Crippen LogP) is 1.67. The third-order valence-electron chi connectivity index (χ3n) is 2.84. The molecule has 0 atom stereocenters. The van der Waals surface area contributed by atoms with E-state index >= 15 is 0 Å². The van der Waals surface area contributed by atoms with Crippen LogP contribution >= 0.6 is 0 Å². The molecule has 5 nitrogen and oxygen atoms in total. The molecule has 0 saturated carbocycles. The molecule has 0 aliphatic rings. The van der Waals surface area contributed by atoms with E-state index in [1.807, 2.05) is 43.0 Å². The molecule has 0 aliphatic carbocycles. The molecule has 5 heteroatoms. The summed E-state index contributed by atoms with van der Waals surface area (Å²) in [7, 11) is 0. The van der Waals surface area contributed by atoms with Crippen molar-refractivity contribution in [2.75, 3.05) is 29.9 Å². The van der Waals surface area contributed by atoms with Gasteiger partial charge in [0.05, 0.1) is 12.7 Å². The quantitative estimate of drug-likeness (QED) is 0.816. The van der Waals surface area contributed by atoms with Crippen LogP contribution < -0.4 is 10.2 Å². The van der Waals surface area contributed by atoms with E-state index in [0.717, 1.165) is 17.8 Å². The third kappa shape index (κ3) is 4.27. The average Bonchev–Trinajstić information content (AvgIpc) is 2.38. The lowest BCUT2D eigenvalue weighted by Gasteiger charge is -2.23. The minimum Gasteiger partial charge on any atom is -0.395 e. The van der Waals surface area contributed by atoms with Gasteiger partial charge in [-0.1, -0.05) is 0 Å². The summed E-state index contributed by atoms with van der Waals surface area (Å²) in [5.74, 6) is -0.305. The zero-order valence-electron chi connectivity index (χ0n) is 11.3. The Morgan fingerprint density at radius 2 is 2.26 bits per heavy atom. The Balaban J connectivity index is 2.85. The molecule has 102 valence electrons. The van der Waals surface area contributed by atoms with Crippen LogP contribution in [0, 0.1) is 18.3 Å². The van der Waals surface area contributed by atoms with Crippen LogP contribution in [0.2, 0.25) is 0 Å². The second-order valence-corrected chi connectivity index (χ2v) is 4.19. The summed E-state index contributed by atoms with van der Waals surface area (Å²) in [6, 6.07) is 7.49. The minimum atomic E-state index is -0.305. The number of carbonyl (C=O) groups excluding carboxylic acids is 1. The normalized spacial score (nSPS) is 9.79. The van der Waals surface area contributed by atoms with Crippen molar-refractivity contribution in [3.63, 3.8) is 0 Å². The molecule has 19 heavy (non-hydrogen) atoms. The highest BCUT2D eigenvalue weighted by Gasteiger charge is 2.08. The summed E-state index contributed by atoms with van der Waals surface area (Å²) in [6.45, 7) is 5.41. The van der Waals surface area contributed by atoms with Gasteiger partial charge in [0.2, 0.25) is 5.91 Å². The summed E-state index contributed by atoms with van der Waals surface area (Å²) in [5, 5.41) is 20.2. The Bertz CT molecular complexity index is 480. The number of likely N-dealkylation sites (N-methyl/N-ethyl adjacent to an activating group) is 1. The first-order valence-corrected chi connectivity index (χ1v) is 6.25. The third-order valence-corrected chi connectivity index (χ3v) is 2.84. The Labute approximate surface area is 113 Å². The molecule has 1 aromatic carbocycles. The van der Waals surface area contributed by atoms with Crippen molar-refractivity contribution < 1.29 is 9.90 Å². The fraction of sp³-hybridized carbons (Fsp3) is 0.429. The first-order chi connectivity index (χ1) is 9.12. The molecule has 0 unspecified atom stereocenters. The van der Waals surface area contributed by atoms with E-state index in [-0.39, 0.29) is 18.9 Å². The molecule has 1 amide bonds. The average molecular weight is 261 g/mol. The van der Waals surface area contributed by atoms with Crippen LogP contribution in [-0.4, -0.2) is 30.7 Å². The van der Waals surface area contributed by atoms with Crippen molar-refractivity contribution >= 4 is 17.3 Å². The lowest BCUT2D eigenvalue weighted by atomic mass is 10.1. The monoisotopic (exact) mass is 261 g/mol. The van der Waals surface area contributed by atoms with Gasteiger partial charge in [-0.2, -0.15) is 5.26 Å². The van der Waals surface area contributed by atoms with Gasteiger partial charge < -0.3 is 15.3 Å². The first kappa shape index (κ1) is 15.0. The number of benzene rings is 1. The molecule has 2 N–H and O–H groups in total. The molecule has 0 radical (unpaired) electrons. The fourth-order valence-electron chi connectivity index (χ4n) is 1.84. The van der Waals surface area contributed by atoms with Gasteiger partial charge in [0.1, 0.15) is 6.42 Å². The van der Waals surface area contributed by atoms with Gasteiger partial charge in [-0.3, -0.25) is 4.79 Å². The Morgan fingerprint density at radius 1 is 1.53 bits per heavy atom. The molecule has 0 aromatic heterocycles. The zero-order valence-corrected chi connectivity index (χ0v) is 11.3. The molecular weight excluding hydrogens is 242 g/mol. The van der Waals surface area contributed by atoms with Gasteiger partial charge in [-0.15, -0.1) is 0 Å². The van der Waals surface area contributed by atoms with E-state index < -0.39 is 0 Å². The fourth-order valence-corrected chi connectivity index (χ4v) is 1.84. The van der Waals surface area contributed by atoms with Crippen LogP contribution in [0.4, 0.5) is 11.4 Å². The van der Waals surface area contributed by atoms with E-state index in [1.54, 1.807) is 0 Å². The Kier molecular flexibility index (Phi) is 5.83. The summed E-state index contributed by atoms with van der Waals surface area (Å²) in [4.78, 5) is 13.4. The van der Waals surface area contributed by atoms with E-state index in [1.165, 1.54) is 0 Å². The second kappa shape index (κ2) is 7.39. The maximum absolute atomic E-state index is 11.4. The molecule has 0 spiro atoms. The van der Waals surface area contributed by atoms with Gasteiger partial charge >= 0.3 is 0 Å². The molecule has 0 aliphatic heterocycles. The standard InChI is InChI=1S/C14H19N3O2/c1-3-17(8-9-18)12-4-5-13(11(2)10-12)16-14(19)6-7-15/h4-5,10,18H,3,6,8-9H2,1-2H3,(H,16,19). The topological polar surface area (TPSA) is 76.4 Å². The number of rotatable bonds is 6. The lowest BCUT2D eigenvalue weighted by Crippen LogP contribution is -2.26. The second-order valence-electron chi connectivity index (χ2n) is 4.19. The Morgan fingerprint density at radius 3 is 2.79 bits per heavy atom. The van der Waals surface area contributed by atoms with Gasteiger partial charge in [0.15, 0.2) is 0 Å². The van der Waals surface area contributed by atoms with Gasteiger partial charge in [-0.05, 0) is 37.6 Å². The van der Waals surface area contributed by atoms with Crippen molar-refractivity contribution in [3.05, 3.63) is 23.8 Å². The highest BCUT2D eigenvalue weighted by molar-refractivity contribution is 5.93. The maximum Gasteiger partial charge on any atom is 0.238 e. The van der Waals surface area contributed by atoms with Gasteiger partial charge in [-0.25, -0.2) is 0 Å². The van der Waals surface area contributed by atoms with Gasteiger partial charge in [0.25, 0.3) is 0 Å². The predicted molar refractivity (Wildman–Crippen MR) is 75.0 cm³/mol. The van der Waals surface area contributed by atoms with Crippen molar-refractivity contribution in [2.45, 2.75) is 20.3 Å². The van der Waals surface area contributed by atoms with Crippen LogP contribution in [0.1, 0.15) is 18.9 Å². The van der Waals surface area contributed by atoms with Crippen molar-refractivity contribution in [2.24, 2.45) is 0 Å². The molecule has 1 aromatic rings. The number of nitrogens with one attached hydrogen (secondary N) is 1. The number of hydrogen-bond donors (Lipinski definition) is 2. The summed E-state index contributed by atoms with van der Waals surface area (Å²) in [5.41, 5.74) is 2.65. The largest absolute Gasteiger partial charge is 0.395 e. The van der Waals surface area contributed by atoms with E-state index in [4.69, 9.17) is 10.4 Å². The number of anilines is 2. The van der Waals surface area contributed by atoms with Crippen molar-refractivity contribution in [1.29, 1.82) is 5.26 Å². The number of nitrogens with zero attached hydrogens (tertiary/aromatic N) is 2. The molecular formula is C14H19N3O2. The van der Waals surface area contributed by atoms with Crippen LogP contribution in [0.5, 0.6) is 0 Å². The van der Waals surface area contributed by atoms with Crippen LogP contribution in [0.15, 0.2) is 18.2 Å². The highest BCUT2D eigenvalue weighted by atomic mass is 16.3. The summed E-state index contributed by atoms with van der Waals surface area (Å²) >= 11 is 0. The number of aliphatic hydroxyl groups is 1. The van der Waals surface area contributed by atoms with Crippen LogP contribution in [0.3, 0.4) is 0 Å². The number of aliphatic hydroxyl groups excluding tert-OH is 1. The lowest BCUT2D eigenvalue weighted by molar-refractivity contribution is -0.115. The van der Waals surface area contributed by atoms with Crippen molar-refractivity contribution in [3.8, 4) is 6.07 Å². The number of nitriles is 1. The van der Waals surface area contributed by atoms with Crippen molar-refractivity contribution in [1.82, 2.24) is 0 Å². The summed E-state index contributed by atoms with van der Waals surface area (Å²) < 4.78 is 0. The number of aryl methyl sites for hydroxylation is 1. The first-order valence-electron chi connectivity index (χ1n) is 6.25. The Hall–Kier alpha value is -2.06. The smallest absolute Gasteiger partial charge is 0.238 e. The maximum atomic E-state index is 11.4. The van der Waals surface area contributed by atoms with Crippen LogP contribution in [-0.2, 0) is 4.79 Å². The number of hydrogen-bond acceptors (Lipinski definition) is 4. The van der Waals surface area contributed by atoms with E-state index in [2.05, 4.69) is 5.32 Å². The highest BCUT2D eigenvalue weighted by Crippen LogP contribution is 2.22. The minimum absolute atomic E-state index is 0.105. The SMILES string of the molecule is CCN(CCO)c1ccc(NC(=O)CC#N)c(C)c1. The number of carbonyl (C=O) groups is 1. The van der Waals surface area contributed by atoms with Gasteiger partial charge in [0, 0.05) is 24.5 Å². The molecule has 0 saturated heterocycles. The molecule has 0 heterocycles.